The van der Waals surface area contributed by atoms with E-state index in [0.717, 1.165) is 28.2 Å². The van der Waals surface area contributed by atoms with Crippen molar-refractivity contribution < 1.29 is 4.42 Å². The molecule has 19 heavy (non-hydrogen) atoms. The van der Waals surface area contributed by atoms with E-state index in [1.54, 1.807) is 0 Å². The quantitative estimate of drug-likeness (QED) is 0.803. The van der Waals surface area contributed by atoms with Crippen LogP contribution < -0.4 is 5.73 Å². The summed E-state index contributed by atoms with van der Waals surface area (Å²) >= 11 is 5.98. The molecular formula is C16H18ClNO. The Bertz CT molecular complexity index is 614. The first-order valence-electron chi connectivity index (χ1n) is 6.85. The van der Waals surface area contributed by atoms with E-state index >= 15 is 0 Å². The van der Waals surface area contributed by atoms with Gasteiger partial charge in [-0.2, -0.15) is 0 Å². The van der Waals surface area contributed by atoms with Gasteiger partial charge in [0.25, 0.3) is 0 Å². The summed E-state index contributed by atoms with van der Waals surface area (Å²) in [7, 11) is 0. The van der Waals surface area contributed by atoms with Crippen molar-refractivity contribution >= 4 is 22.6 Å². The molecule has 0 bridgehead atoms. The van der Waals surface area contributed by atoms with E-state index in [2.05, 4.69) is 6.08 Å². The van der Waals surface area contributed by atoms with Crippen LogP contribution in [0.4, 0.5) is 0 Å². The third-order valence-corrected chi connectivity index (χ3v) is 3.97. The van der Waals surface area contributed by atoms with Crippen molar-refractivity contribution in [2.75, 3.05) is 0 Å². The largest absolute Gasteiger partial charge is 0.459 e. The van der Waals surface area contributed by atoms with Crippen molar-refractivity contribution in [2.45, 2.75) is 38.1 Å². The summed E-state index contributed by atoms with van der Waals surface area (Å²) in [5.41, 5.74) is 8.58. The van der Waals surface area contributed by atoms with Gasteiger partial charge in [0.1, 0.15) is 11.3 Å². The van der Waals surface area contributed by atoms with Crippen LogP contribution in [0.5, 0.6) is 0 Å². The molecule has 0 aliphatic heterocycles. The van der Waals surface area contributed by atoms with Gasteiger partial charge in [-0.15, -0.1) is 0 Å². The van der Waals surface area contributed by atoms with E-state index in [1.165, 1.54) is 31.3 Å². The highest BCUT2D eigenvalue weighted by Gasteiger charge is 2.15. The van der Waals surface area contributed by atoms with E-state index in [-0.39, 0.29) is 6.04 Å². The van der Waals surface area contributed by atoms with Crippen LogP contribution in [0.1, 0.15) is 43.9 Å². The number of allylic oxidation sites excluding steroid dienone is 1. The zero-order valence-corrected chi connectivity index (χ0v) is 11.6. The van der Waals surface area contributed by atoms with Crippen LogP contribution in [-0.4, -0.2) is 0 Å². The number of fused-ring (bicyclic) bond motifs is 1. The fraction of sp³-hybridized carbons (Fsp3) is 0.375. The number of benzene rings is 1. The minimum atomic E-state index is -0.0597. The Labute approximate surface area is 118 Å². The Morgan fingerprint density at radius 3 is 2.95 bits per heavy atom. The van der Waals surface area contributed by atoms with Crippen molar-refractivity contribution in [3.8, 4) is 0 Å². The first kappa shape index (κ1) is 12.8. The van der Waals surface area contributed by atoms with Crippen LogP contribution in [0.25, 0.3) is 11.0 Å². The van der Waals surface area contributed by atoms with Crippen molar-refractivity contribution in [2.24, 2.45) is 5.73 Å². The van der Waals surface area contributed by atoms with E-state index in [0.29, 0.717) is 0 Å². The molecule has 2 nitrogen and oxygen atoms in total. The Morgan fingerprint density at radius 2 is 2.16 bits per heavy atom. The molecule has 0 saturated heterocycles. The molecule has 1 aliphatic carbocycles. The van der Waals surface area contributed by atoms with E-state index in [1.807, 2.05) is 24.3 Å². The van der Waals surface area contributed by atoms with Gasteiger partial charge in [0.2, 0.25) is 0 Å². The maximum atomic E-state index is 6.26. The average molecular weight is 276 g/mol. The standard InChI is InChI=1S/C16H18ClNO/c17-13-6-7-15-12(9-13)10-16(19-15)14(18)8-11-4-2-1-3-5-11/h4,6-7,9-10,14H,1-3,5,8,18H2. The highest BCUT2D eigenvalue weighted by molar-refractivity contribution is 6.31. The molecule has 2 N–H and O–H groups in total. The summed E-state index contributed by atoms with van der Waals surface area (Å²) in [5, 5.41) is 1.75. The van der Waals surface area contributed by atoms with Gasteiger partial charge in [0.05, 0.1) is 6.04 Å². The molecule has 3 heteroatoms. The predicted octanol–water partition coefficient (Wildman–Crippen LogP) is 4.98. The number of rotatable bonds is 3. The van der Waals surface area contributed by atoms with Gasteiger partial charge in [-0.05, 0) is 56.4 Å². The number of hydrogen-bond donors (Lipinski definition) is 1. The summed E-state index contributed by atoms with van der Waals surface area (Å²) in [4.78, 5) is 0. The molecule has 0 fully saturated rings. The molecule has 1 atom stereocenters. The molecule has 1 aromatic carbocycles. The van der Waals surface area contributed by atoms with Gasteiger partial charge in [-0.3, -0.25) is 0 Å². The molecule has 0 spiro atoms. The molecule has 0 radical (unpaired) electrons. The fourth-order valence-corrected chi connectivity index (χ4v) is 2.87. The molecule has 1 aromatic heterocycles. The van der Waals surface area contributed by atoms with Crippen molar-refractivity contribution in [1.82, 2.24) is 0 Å². The zero-order valence-electron chi connectivity index (χ0n) is 10.9. The highest BCUT2D eigenvalue weighted by Crippen LogP contribution is 2.30. The van der Waals surface area contributed by atoms with Crippen LogP contribution >= 0.6 is 11.6 Å². The van der Waals surface area contributed by atoms with Crippen LogP contribution in [0.3, 0.4) is 0 Å². The third-order valence-electron chi connectivity index (χ3n) is 3.73. The molecule has 1 aliphatic rings. The van der Waals surface area contributed by atoms with Gasteiger partial charge in [0, 0.05) is 10.4 Å². The monoisotopic (exact) mass is 275 g/mol. The number of nitrogens with two attached hydrogens (primary N) is 1. The lowest BCUT2D eigenvalue weighted by Gasteiger charge is -2.15. The van der Waals surface area contributed by atoms with E-state index in [9.17, 15) is 0 Å². The summed E-state index contributed by atoms with van der Waals surface area (Å²) < 4.78 is 5.82. The number of hydrogen-bond acceptors (Lipinski definition) is 2. The zero-order chi connectivity index (χ0) is 13.2. The third kappa shape index (κ3) is 2.85. The molecule has 3 rings (SSSR count). The molecule has 0 saturated carbocycles. The van der Waals surface area contributed by atoms with Crippen LogP contribution in [0, 0.1) is 0 Å². The van der Waals surface area contributed by atoms with E-state index < -0.39 is 0 Å². The van der Waals surface area contributed by atoms with Crippen LogP contribution in [-0.2, 0) is 0 Å². The second-order valence-electron chi connectivity index (χ2n) is 5.25. The molecule has 2 aromatic rings. The summed E-state index contributed by atoms with van der Waals surface area (Å²) in [6, 6.07) is 7.60. The Balaban J connectivity index is 1.80. The van der Waals surface area contributed by atoms with Gasteiger partial charge in [0.15, 0.2) is 0 Å². The first-order chi connectivity index (χ1) is 9.22. The molecule has 1 heterocycles. The molecule has 0 amide bonds. The minimum Gasteiger partial charge on any atom is -0.459 e. The number of furan rings is 1. The Morgan fingerprint density at radius 1 is 1.26 bits per heavy atom. The van der Waals surface area contributed by atoms with Crippen LogP contribution in [0.2, 0.25) is 5.02 Å². The lowest BCUT2D eigenvalue weighted by atomic mass is 9.94. The lowest BCUT2D eigenvalue weighted by Crippen LogP contribution is -2.11. The minimum absolute atomic E-state index is 0.0597. The average Bonchev–Trinajstić information content (AvgIpc) is 2.83. The summed E-state index contributed by atoms with van der Waals surface area (Å²) in [6.07, 6.45) is 8.20. The smallest absolute Gasteiger partial charge is 0.134 e. The lowest BCUT2D eigenvalue weighted by molar-refractivity contribution is 0.486. The maximum Gasteiger partial charge on any atom is 0.134 e. The van der Waals surface area contributed by atoms with Gasteiger partial charge in [-0.1, -0.05) is 23.3 Å². The molecular weight excluding hydrogens is 258 g/mol. The highest BCUT2D eigenvalue weighted by atomic mass is 35.5. The summed E-state index contributed by atoms with van der Waals surface area (Å²) in [6.45, 7) is 0. The molecule has 100 valence electrons. The Kier molecular flexibility index (Phi) is 3.63. The normalized spacial score (nSPS) is 17.5. The summed E-state index contributed by atoms with van der Waals surface area (Å²) in [5.74, 6) is 0.851. The van der Waals surface area contributed by atoms with Crippen molar-refractivity contribution in [3.05, 3.63) is 46.7 Å². The van der Waals surface area contributed by atoms with Gasteiger partial charge in [-0.25, -0.2) is 0 Å². The van der Waals surface area contributed by atoms with Crippen molar-refractivity contribution in [3.63, 3.8) is 0 Å². The molecule has 1 unspecified atom stereocenters. The van der Waals surface area contributed by atoms with Gasteiger partial charge >= 0.3 is 0 Å². The second-order valence-corrected chi connectivity index (χ2v) is 5.69. The first-order valence-corrected chi connectivity index (χ1v) is 7.22. The predicted molar refractivity (Wildman–Crippen MR) is 79.3 cm³/mol. The topological polar surface area (TPSA) is 39.2 Å². The number of halogens is 1. The SMILES string of the molecule is NC(CC1=CCCCC1)c1cc2cc(Cl)ccc2o1. The maximum absolute atomic E-state index is 6.26. The van der Waals surface area contributed by atoms with Crippen molar-refractivity contribution in [1.29, 1.82) is 0 Å². The van der Waals surface area contributed by atoms with Gasteiger partial charge < -0.3 is 10.2 Å². The fourth-order valence-electron chi connectivity index (χ4n) is 2.69. The van der Waals surface area contributed by atoms with Crippen LogP contribution in [0.15, 0.2) is 40.3 Å². The Hall–Kier alpha value is -1.25. The van der Waals surface area contributed by atoms with E-state index in [4.69, 9.17) is 21.8 Å². The second kappa shape index (κ2) is 5.40.